The van der Waals surface area contributed by atoms with Crippen LogP contribution in [0.5, 0.6) is 0 Å². The highest BCUT2D eigenvalue weighted by atomic mass is 16.1. The van der Waals surface area contributed by atoms with E-state index in [1.54, 1.807) is 0 Å². The summed E-state index contributed by atoms with van der Waals surface area (Å²) in [6.45, 7) is 6.63. The molecule has 2 heterocycles. The molecule has 126 valence electrons. The van der Waals surface area contributed by atoms with Crippen molar-refractivity contribution >= 4 is 5.91 Å². The number of benzene rings is 1. The maximum atomic E-state index is 12.5. The van der Waals surface area contributed by atoms with Crippen LogP contribution in [0.1, 0.15) is 51.5 Å². The molecule has 0 radical (unpaired) electrons. The van der Waals surface area contributed by atoms with E-state index in [1.807, 2.05) is 44.3 Å². The van der Waals surface area contributed by atoms with Crippen LogP contribution in [0.4, 0.5) is 0 Å². The van der Waals surface area contributed by atoms with E-state index in [0.29, 0.717) is 12.5 Å². The van der Waals surface area contributed by atoms with E-state index in [1.165, 1.54) is 18.4 Å². The lowest BCUT2D eigenvalue weighted by Gasteiger charge is -2.23. The van der Waals surface area contributed by atoms with E-state index in [2.05, 4.69) is 21.7 Å². The number of piperidine rings is 1. The normalized spacial score (nSPS) is 17.5. The fraction of sp³-hybridized carbons (Fsp3) is 0.400. The van der Waals surface area contributed by atoms with E-state index in [0.717, 1.165) is 35.5 Å². The first-order chi connectivity index (χ1) is 11.6. The number of aromatic nitrogens is 1. The number of pyridine rings is 1. The third-order valence-corrected chi connectivity index (χ3v) is 4.71. The number of amides is 1. The van der Waals surface area contributed by atoms with Crippen LogP contribution in [0.2, 0.25) is 0 Å². The van der Waals surface area contributed by atoms with Crippen molar-refractivity contribution in [2.24, 2.45) is 0 Å². The first kappa shape index (κ1) is 16.7. The summed E-state index contributed by atoms with van der Waals surface area (Å²) in [7, 11) is 0. The summed E-state index contributed by atoms with van der Waals surface area (Å²) in [6, 6.07) is 10.1. The van der Waals surface area contributed by atoms with Crippen LogP contribution in [0.15, 0.2) is 36.5 Å². The van der Waals surface area contributed by atoms with Gasteiger partial charge in [0.2, 0.25) is 0 Å². The number of hydrogen-bond acceptors (Lipinski definition) is 3. The van der Waals surface area contributed by atoms with Crippen LogP contribution in [-0.2, 0) is 6.54 Å². The zero-order valence-electron chi connectivity index (χ0n) is 14.4. The molecule has 1 fully saturated rings. The number of carbonyl (C=O) groups is 1. The zero-order valence-corrected chi connectivity index (χ0v) is 14.4. The predicted octanol–water partition coefficient (Wildman–Crippen LogP) is 3.10. The third kappa shape index (κ3) is 4.01. The molecule has 0 saturated carbocycles. The predicted molar refractivity (Wildman–Crippen MR) is 96.2 cm³/mol. The number of nitrogens with one attached hydrogen (secondary N) is 2. The van der Waals surface area contributed by atoms with Gasteiger partial charge in [-0.3, -0.25) is 9.78 Å². The minimum Gasteiger partial charge on any atom is -0.348 e. The van der Waals surface area contributed by atoms with Crippen molar-refractivity contribution in [3.63, 3.8) is 0 Å². The molecular formula is C20H25N3O. The van der Waals surface area contributed by atoms with Crippen LogP contribution >= 0.6 is 0 Å². The van der Waals surface area contributed by atoms with Crippen LogP contribution in [0, 0.1) is 13.8 Å². The molecule has 3 rings (SSSR count). The Morgan fingerprint density at radius 2 is 2.21 bits per heavy atom. The molecule has 2 aromatic rings. The molecule has 1 atom stereocenters. The topological polar surface area (TPSA) is 54.0 Å². The van der Waals surface area contributed by atoms with Gasteiger partial charge in [-0.15, -0.1) is 0 Å². The molecule has 2 N–H and O–H groups in total. The number of aryl methyl sites for hydroxylation is 2. The minimum absolute atomic E-state index is 0.0272. The maximum Gasteiger partial charge on any atom is 0.251 e. The van der Waals surface area contributed by atoms with E-state index < -0.39 is 0 Å². The van der Waals surface area contributed by atoms with Gasteiger partial charge in [0, 0.05) is 30.5 Å². The van der Waals surface area contributed by atoms with Crippen molar-refractivity contribution in [2.75, 3.05) is 13.1 Å². The van der Waals surface area contributed by atoms with Crippen LogP contribution in [0.25, 0.3) is 0 Å². The van der Waals surface area contributed by atoms with Crippen molar-refractivity contribution in [1.29, 1.82) is 0 Å². The third-order valence-electron chi connectivity index (χ3n) is 4.71. The molecule has 0 aliphatic carbocycles. The molecule has 1 saturated heterocycles. The van der Waals surface area contributed by atoms with Crippen molar-refractivity contribution in [3.8, 4) is 0 Å². The smallest absolute Gasteiger partial charge is 0.251 e. The summed E-state index contributed by atoms with van der Waals surface area (Å²) in [5.74, 6) is 0.482. The Labute approximate surface area is 143 Å². The Morgan fingerprint density at radius 3 is 2.96 bits per heavy atom. The summed E-state index contributed by atoms with van der Waals surface area (Å²) in [4.78, 5) is 16.8. The molecule has 1 aliphatic heterocycles. The molecule has 24 heavy (non-hydrogen) atoms. The summed E-state index contributed by atoms with van der Waals surface area (Å²) in [5, 5.41) is 6.44. The maximum absolute atomic E-state index is 12.5. The molecule has 0 bridgehead atoms. The Bertz CT molecular complexity index is 721. The molecule has 1 unspecified atom stereocenters. The van der Waals surface area contributed by atoms with Gasteiger partial charge >= 0.3 is 0 Å². The molecule has 1 aromatic carbocycles. The number of hydrogen-bond donors (Lipinski definition) is 2. The summed E-state index contributed by atoms with van der Waals surface area (Å²) >= 11 is 0. The van der Waals surface area contributed by atoms with Crippen LogP contribution in [-0.4, -0.2) is 24.0 Å². The van der Waals surface area contributed by atoms with Crippen LogP contribution < -0.4 is 10.6 Å². The van der Waals surface area contributed by atoms with Gasteiger partial charge in [-0.25, -0.2) is 0 Å². The second-order valence-electron chi connectivity index (χ2n) is 6.60. The number of nitrogens with zero attached hydrogens (tertiary/aromatic N) is 1. The van der Waals surface area contributed by atoms with Gasteiger partial charge in [0.25, 0.3) is 5.91 Å². The van der Waals surface area contributed by atoms with Gasteiger partial charge in [0.1, 0.15) is 0 Å². The standard InChI is InChI=1S/C20H25N3O/c1-14-9-15(2)22-12-19(14)13-23-20(24)17-6-3-5-16(10-17)18-7-4-8-21-11-18/h3,5-6,9-10,12,18,21H,4,7-8,11,13H2,1-2H3,(H,23,24). The molecule has 4 heteroatoms. The van der Waals surface area contributed by atoms with Gasteiger partial charge in [-0.05, 0) is 74.0 Å². The quantitative estimate of drug-likeness (QED) is 0.909. The average Bonchev–Trinajstić information content (AvgIpc) is 2.61. The summed E-state index contributed by atoms with van der Waals surface area (Å²) < 4.78 is 0. The first-order valence-corrected chi connectivity index (χ1v) is 8.64. The molecule has 0 spiro atoms. The highest BCUT2D eigenvalue weighted by Crippen LogP contribution is 2.23. The van der Waals surface area contributed by atoms with Gasteiger partial charge in [0.15, 0.2) is 0 Å². The van der Waals surface area contributed by atoms with E-state index in [9.17, 15) is 4.79 Å². The lowest BCUT2D eigenvalue weighted by Crippen LogP contribution is -2.28. The summed E-state index contributed by atoms with van der Waals surface area (Å²) in [6.07, 6.45) is 4.22. The first-order valence-electron chi connectivity index (χ1n) is 8.64. The van der Waals surface area contributed by atoms with Crippen molar-refractivity contribution in [1.82, 2.24) is 15.6 Å². The molecule has 1 amide bonds. The van der Waals surface area contributed by atoms with Crippen LogP contribution in [0.3, 0.4) is 0 Å². The highest BCUT2D eigenvalue weighted by Gasteiger charge is 2.16. The van der Waals surface area contributed by atoms with Gasteiger partial charge < -0.3 is 10.6 Å². The zero-order chi connectivity index (χ0) is 16.9. The number of rotatable bonds is 4. The highest BCUT2D eigenvalue weighted by molar-refractivity contribution is 5.94. The second-order valence-corrected chi connectivity index (χ2v) is 6.60. The Kier molecular flexibility index (Phi) is 5.26. The van der Waals surface area contributed by atoms with Gasteiger partial charge in [0.05, 0.1) is 0 Å². The Morgan fingerprint density at radius 1 is 1.33 bits per heavy atom. The van der Waals surface area contributed by atoms with E-state index in [-0.39, 0.29) is 5.91 Å². The molecule has 4 nitrogen and oxygen atoms in total. The Balaban J connectivity index is 1.66. The van der Waals surface area contributed by atoms with E-state index in [4.69, 9.17) is 0 Å². The van der Waals surface area contributed by atoms with Crippen molar-refractivity contribution in [3.05, 3.63) is 64.5 Å². The average molecular weight is 323 g/mol. The lowest BCUT2D eigenvalue weighted by atomic mass is 9.90. The van der Waals surface area contributed by atoms with Gasteiger partial charge in [-0.2, -0.15) is 0 Å². The largest absolute Gasteiger partial charge is 0.348 e. The fourth-order valence-corrected chi connectivity index (χ4v) is 3.26. The minimum atomic E-state index is -0.0272. The van der Waals surface area contributed by atoms with Crippen molar-refractivity contribution in [2.45, 2.75) is 39.2 Å². The SMILES string of the molecule is Cc1cc(C)c(CNC(=O)c2cccc(C3CCCNC3)c2)cn1. The molecule has 1 aliphatic rings. The second kappa shape index (κ2) is 7.58. The lowest BCUT2D eigenvalue weighted by molar-refractivity contribution is 0.0950. The Hall–Kier alpha value is -2.20. The van der Waals surface area contributed by atoms with Crippen molar-refractivity contribution < 1.29 is 4.79 Å². The van der Waals surface area contributed by atoms with E-state index >= 15 is 0 Å². The summed E-state index contributed by atoms with van der Waals surface area (Å²) in [5.41, 5.74) is 5.20. The molecule has 1 aromatic heterocycles. The fourth-order valence-electron chi connectivity index (χ4n) is 3.26. The van der Waals surface area contributed by atoms with Gasteiger partial charge in [-0.1, -0.05) is 12.1 Å². The molecular weight excluding hydrogens is 298 g/mol. The number of carbonyl (C=O) groups excluding carboxylic acids is 1. The monoisotopic (exact) mass is 323 g/mol.